The van der Waals surface area contributed by atoms with Gasteiger partial charge >= 0.3 is 0 Å². The Morgan fingerprint density at radius 2 is 1.11 bits per heavy atom. The highest BCUT2D eigenvalue weighted by atomic mass is 19.1. The number of alkyl halides is 2. The molecule has 3 N–H and O–H groups in total. The lowest BCUT2D eigenvalue weighted by molar-refractivity contribution is 0.0661. The molecule has 0 saturated carbocycles. The quantitative estimate of drug-likeness (QED) is 0.105. The molecule has 426 valence electrons. The van der Waals surface area contributed by atoms with Gasteiger partial charge in [0, 0.05) is 118 Å². The number of halogens is 4. The van der Waals surface area contributed by atoms with Crippen molar-refractivity contribution in [2.75, 3.05) is 102 Å². The lowest BCUT2D eigenvalue weighted by Gasteiger charge is -2.34. The number of piperidine rings is 2. The summed E-state index contributed by atoms with van der Waals surface area (Å²) >= 11 is 0. The zero-order valence-corrected chi connectivity index (χ0v) is 45.2. The van der Waals surface area contributed by atoms with E-state index >= 15 is 4.39 Å². The van der Waals surface area contributed by atoms with Crippen molar-refractivity contribution >= 4 is 56.4 Å². The third-order valence-corrected chi connectivity index (χ3v) is 15.6. The average Bonchev–Trinajstić information content (AvgIpc) is 4.55. The largest absolute Gasteiger partial charge is 0.497 e. The van der Waals surface area contributed by atoms with Crippen LogP contribution in [-0.4, -0.2) is 152 Å². The number of nitrogens with two attached hydrogens (primary N) is 1. The molecule has 22 nitrogen and oxygen atoms in total. The molecule has 4 unspecified atom stereocenters. The zero-order valence-electron chi connectivity index (χ0n) is 45.2. The number of aromatic nitrogens is 12. The first-order valence-corrected chi connectivity index (χ1v) is 27.0. The van der Waals surface area contributed by atoms with E-state index in [0.717, 1.165) is 55.8 Å². The molecule has 0 radical (unpaired) electrons. The van der Waals surface area contributed by atoms with E-state index in [9.17, 15) is 13.2 Å². The van der Waals surface area contributed by atoms with Crippen LogP contribution in [0.25, 0.3) is 33.1 Å². The Hall–Kier alpha value is -8.26. The predicted molar refractivity (Wildman–Crippen MR) is 292 cm³/mol. The topological polar surface area (TPSA) is 222 Å². The molecule has 4 atom stereocenters. The summed E-state index contributed by atoms with van der Waals surface area (Å²) in [6.45, 7) is 4.79. The predicted octanol–water partition coefficient (Wildman–Crippen LogP) is 7.82. The number of rotatable bonds is 13. The van der Waals surface area contributed by atoms with Gasteiger partial charge in [-0.3, -0.25) is 9.36 Å². The molecule has 4 aliphatic heterocycles. The van der Waals surface area contributed by atoms with Gasteiger partial charge in [0.2, 0.25) is 11.9 Å². The molecule has 26 heteroatoms. The maximum absolute atomic E-state index is 15.3. The van der Waals surface area contributed by atoms with E-state index in [-0.39, 0.29) is 61.3 Å². The minimum Gasteiger partial charge on any atom is -0.497 e. The molecule has 0 spiro atoms. The molecule has 81 heavy (non-hydrogen) atoms. The van der Waals surface area contributed by atoms with Gasteiger partial charge in [0.1, 0.15) is 23.8 Å². The standard InChI is InChI=1S/C32H36F2N8O4.C23H26F2N8O2/c1-43-24-5-4-19(28(11-24)44-2)14-35-32-37-27-13-29(45-3)26(34)12-25(27)31-38-30(39-42(31)32)20-10-21(33)17-40(16-20)23-15-36-41(18-23)22-6-8-46-9-7-22;1-34-20-8-19-17(7-18(20)25)22-29-21(30-33(22)23(26)28-19)13-6-14(24)11-31(10-13)16-9-27-32(12-16)15-2-4-35-5-3-15/h4-5,11-13,15,18,20-22H,6-10,14,16-17H2,1-3H3,(H,35,37);7-9,12-15H,2-6,10-11H2,1H3,(H2,26,28). The number of nitrogens with one attached hydrogen (secondary N) is 1. The summed E-state index contributed by atoms with van der Waals surface area (Å²) in [6, 6.07) is 11.8. The molecule has 0 aliphatic carbocycles. The molecule has 3 aromatic carbocycles. The van der Waals surface area contributed by atoms with Gasteiger partial charge in [-0.1, -0.05) is 0 Å². The molecule has 10 heterocycles. The minimum atomic E-state index is -1.09. The molecule has 0 amide bonds. The summed E-state index contributed by atoms with van der Waals surface area (Å²) in [5.41, 5.74) is 10.4. The average molecular weight is 1120 g/mol. The lowest BCUT2D eigenvalue weighted by Crippen LogP contribution is -2.41. The number of hydrogen-bond acceptors (Lipinski definition) is 18. The molecule has 4 aliphatic rings. The number of benzene rings is 3. The van der Waals surface area contributed by atoms with E-state index in [1.54, 1.807) is 37.2 Å². The summed E-state index contributed by atoms with van der Waals surface area (Å²) in [5, 5.41) is 22.8. The summed E-state index contributed by atoms with van der Waals surface area (Å²) < 4.78 is 98.5. The number of methoxy groups -OCH3 is 4. The Bertz CT molecular complexity index is 3710. The first-order valence-electron chi connectivity index (χ1n) is 27.0. The first kappa shape index (κ1) is 53.4. The van der Waals surface area contributed by atoms with Crippen molar-refractivity contribution in [2.24, 2.45) is 0 Å². The van der Waals surface area contributed by atoms with Crippen LogP contribution < -0.4 is 39.8 Å². The summed E-state index contributed by atoms with van der Waals surface area (Å²) in [7, 11) is 5.98. The van der Waals surface area contributed by atoms with Crippen LogP contribution in [0.1, 0.15) is 79.7 Å². The van der Waals surface area contributed by atoms with Crippen LogP contribution >= 0.6 is 0 Å². The minimum absolute atomic E-state index is 0.0661. The SMILES string of the molecule is COc1cc2nc(N)n3nc(C4CC(F)CN(c5cnn(C6CCOCC6)c5)C4)nc3c2cc1F.COc1ccc(CNc2nc3cc(OC)c(F)cc3c3nc(C4CC(F)CN(c5cnn(C6CCOCC6)c5)C4)nn23)c(OC)c1. The molecule has 9 aromatic rings. The van der Waals surface area contributed by atoms with E-state index in [4.69, 9.17) is 49.2 Å². The van der Waals surface area contributed by atoms with Crippen molar-refractivity contribution in [3.8, 4) is 23.0 Å². The van der Waals surface area contributed by atoms with E-state index < -0.39 is 24.0 Å². The first-order chi connectivity index (χ1) is 39.4. The number of ether oxygens (including phenoxy) is 6. The fraction of sp³-hybridized carbons (Fsp3) is 0.455. The number of hydrogen-bond donors (Lipinski definition) is 2. The maximum atomic E-state index is 15.3. The third-order valence-electron chi connectivity index (χ3n) is 15.6. The van der Waals surface area contributed by atoms with Crippen molar-refractivity contribution in [1.29, 1.82) is 0 Å². The lowest BCUT2D eigenvalue weighted by atomic mass is 9.96. The fourth-order valence-corrected chi connectivity index (χ4v) is 11.4. The highest BCUT2D eigenvalue weighted by Gasteiger charge is 2.35. The summed E-state index contributed by atoms with van der Waals surface area (Å²) in [4.78, 5) is 22.6. The van der Waals surface area contributed by atoms with Crippen molar-refractivity contribution in [3.63, 3.8) is 0 Å². The van der Waals surface area contributed by atoms with Crippen molar-refractivity contribution in [2.45, 2.75) is 81.3 Å². The number of nitrogen functional groups attached to an aromatic ring is 1. The Kier molecular flexibility index (Phi) is 15.0. The van der Waals surface area contributed by atoms with Gasteiger partial charge in [-0.15, -0.1) is 10.2 Å². The number of nitrogens with zero attached hydrogens (tertiary/aromatic N) is 14. The smallest absolute Gasteiger partial charge is 0.226 e. The second-order valence-electron chi connectivity index (χ2n) is 20.8. The molecular weight excluding hydrogens is 1060 g/mol. The maximum Gasteiger partial charge on any atom is 0.226 e. The van der Waals surface area contributed by atoms with Crippen LogP contribution in [0.4, 0.5) is 40.8 Å². The van der Waals surface area contributed by atoms with Gasteiger partial charge in [-0.05, 0) is 62.8 Å². The van der Waals surface area contributed by atoms with E-state index in [1.807, 2.05) is 43.7 Å². The monoisotopic (exact) mass is 1120 g/mol. The second-order valence-corrected chi connectivity index (χ2v) is 20.8. The van der Waals surface area contributed by atoms with Gasteiger partial charge in [0.25, 0.3) is 0 Å². The van der Waals surface area contributed by atoms with Crippen molar-refractivity contribution < 1.29 is 46.0 Å². The van der Waals surface area contributed by atoms with Crippen LogP contribution in [-0.2, 0) is 16.0 Å². The van der Waals surface area contributed by atoms with Gasteiger partial charge in [-0.25, -0.2) is 37.5 Å². The number of anilines is 4. The van der Waals surface area contributed by atoms with E-state index in [2.05, 4.69) is 30.6 Å². The van der Waals surface area contributed by atoms with E-state index in [0.29, 0.717) is 101 Å². The normalized spacial score (nSPS) is 20.2. The van der Waals surface area contributed by atoms with Crippen LogP contribution in [0, 0.1) is 11.6 Å². The summed E-state index contributed by atoms with van der Waals surface area (Å²) in [6.07, 6.45) is 9.59. The third kappa shape index (κ3) is 10.8. The van der Waals surface area contributed by atoms with Gasteiger partial charge in [0.05, 0.1) is 75.3 Å². The Labute approximate surface area is 462 Å². The molecule has 4 fully saturated rings. The molecule has 4 saturated heterocycles. The van der Waals surface area contributed by atoms with Gasteiger partial charge in [-0.2, -0.15) is 19.2 Å². The Morgan fingerprint density at radius 3 is 1.63 bits per heavy atom. The van der Waals surface area contributed by atoms with Gasteiger partial charge in [0.15, 0.2) is 46.1 Å². The molecule has 13 rings (SSSR count). The van der Waals surface area contributed by atoms with Crippen LogP contribution in [0.5, 0.6) is 23.0 Å². The van der Waals surface area contributed by atoms with Crippen molar-refractivity contribution in [1.82, 2.24) is 58.7 Å². The Morgan fingerprint density at radius 1 is 0.605 bits per heavy atom. The van der Waals surface area contributed by atoms with E-state index in [1.165, 1.54) is 43.0 Å². The molecule has 0 bridgehead atoms. The van der Waals surface area contributed by atoms with Crippen LogP contribution in [0.15, 0.2) is 67.3 Å². The Balaban J connectivity index is 0.000000167. The van der Waals surface area contributed by atoms with Crippen molar-refractivity contribution in [3.05, 3.63) is 96.1 Å². The molecule has 6 aromatic heterocycles. The van der Waals surface area contributed by atoms with Gasteiger partial charge < -0.3 is 49.3 Å². The highest BCUT2D eigenvalue weighted by Crippen LogP contribution is 2.37. The zero-order chi connectivity index (χ0) is 55.9. The van der Waals surface area contributed by atoms with Crippen LogP contribution in [0.3, 0.4) is 0 Å². The highest BCUT2D eigenvalue weighted by molar-refractivity contribution is 5.94. The van der Waals surface area contributed by atoms with Crippen LogP contribution in [0.2, 0.25) is 0 Å². The summed E-state index contributed by atoms with van der Waals surface area (Å²) in [5.74, 6) is 1.19. The second kappa shape index (κ2) is 22.7. The molecular formula is C55H62F4N16O6. The number of fused-ring (bicyclic) bond motifs is 6. The fourth-order valence-electron chi connectivity index (χ4n) is 11.4.